The topological polar surface area (TPSA) is 77.1 Å². The minimum Gasteiger partial charge on any atom is -0.493 e. The standard InChI is InChI=1S/C16H22N2O5/c1-10(19)18(12-5-6-12)9-15(20)17-11-7-13(21-2)16(23-4)14(8-11)22-3/h7-8,12H,5-6,9H2,1-4H3,(H,17,20). The van der Waals surface area contributed by atoms with Crippen molar-refractivity contribution in [3.63, 3.8) is 0 Å². The Bertz CT molecular complexity index is 573. The van der Waals surface area contributed by atoms with Crippen LogP contribution in [0.4, 0.5) is 5.69 Å². The van der Waals surface area contributed by atoms with E-state index in [1.807, 2.05) is 0 Å². The van der Waals surface area contributed by atoms with Crippen molar-refractivity contribution in [2.75, 3.05) is 33.2 Å². The van der Waals surface area contributed by atoms with Crippen LogP contribution >= 0.6 is 0 Å². The van der Waals surface area contributed by atoms with Crippen LogP contribution in [0.1, 0.15) is 19.8 Å². The molecule has 0 heterocycles. The van der Waals surface area contributed by atoms with Gasteiger partial charge in [-0.15, -0.1) is 0 Å². The van der Waals surface area contributed by atoms with Crippen LogP contribution in [0.5, 0.6) is 17.2 Å². The third kappa shape index (κ3) is 4.06. The van der Waals surface area contributed by atoms with Crippen molar-refractivity contribution in [2.24, 2.45) is 0 Å². The molecule has 2 amide bonds. The van der Waals surface area contributed by atoms with Gasteiger partial charge in [-0.25, -0.2) is 0 Å². The summed E-state index contributed by atoms with van der Waals surface area (Å²) in [5, 5.41) is 2.76. The monoisotopic (exact) mass is 322 g/mol. The van der Waals surface area contributed by atoms with Gasteiger partial charge in [0.05, 0.1) is 21.3 Å². The molecule has 1 aromatic carbocycles. The molecule has 23 heavy (non-hydrogen) atoms. The largest absolute Gasteiger partial charge is 0.493 e. The Labute approximate surface area is 135 Å². The van der Waals surface area contributed by atoms with Gasteiger partial charge in [0.2, 0.25) is 17.6 Å². The Morgan fingerprint density at radius 2 is 1.70 bits per heavy atom. The zero-order valence-corrected chi connectivity index (χ0v) is 13.8. The number of carbonyl (C=O) groups excluding carboxylic acids is 2. The molecule has 0 radical (unpaired) electrons. The maximum Gasteiger partial charge on any atom is 0.244 e. The molecule has 1 aliphatic rings. The highest BCUT2D eigenvalue weighted by Gasteiger charge is 2.32. The second-order valence-corrected chi connectivity index (χ2v) is 5.34. The van der Waals surface area contributed by atoms with Crippen LogP contribution in [-0.2, 0) is 9.59 Å². The lowest BCUT2D eigenvalue weighted by atomic mass is 10.2. The summed E-state index contributed by atoms with van der Waals surface area (Å²) in [6, 6.07) is 3.49. The summed E-state index contributed by atoms with van der Waals surface area (Å²) in [7, 11) is 4.53. The zero-order chi connectivity index (χ0) is 17.0. The van der Waals surface area contributed by atoms with Crippen molar-refractivity contribution in [1.29, 1.82) is 0 Å². The summed E-state index contributed by atoms with van der Waals surface area (Å²) in [4.78, 5) is 25.4. The minimum absolute atomic E-state index is 0.0384. The maximum absolute atomic E-state index is 12.2. The Hall–Kier alpha value is -2.44. The maximum atomic E-state index is 12.2. The summed E-state index contributed by atoms with van der Waals surface area (Å²) >= 11 is 0. The second-order valence-electron chi connectivity index (χ2n) is 5.34. The molecule has 0 unspecified atom stereocenters. The fraction of sp³-hybridized carbons (Fsp3) is 0.500. The molecule has 1 saturated carbocycles. The SMILES string of the molecule is COc1cc(NC(=O)CN(C(C)=O)C2CC2)cc(OC)c1OC. The molecule has 126 valence electrons. The van der Waals surface area contributed by atoms with E-state index in [0.717, 1.165) is 12.8 Å². The lowest BCUT2D eigenvalue weighted by Gasteiger charge is -2.20. The normalized spacial score (nSPS) is 13.2. The number of methoxy groups -OCH3 is 3. The van der Waals surface area contributed by atoms with Gasteiger partial charge in [0.15, 0.2) is 11.5 Å². The molecule has 0 atom stereocenters. The number of benzene rings is 1. The molecule has 0 aromatic heterocycles. The van der Waals surface area contributed by atoms with Gasteiger partial charge in [0.25, 0.3) is 0 Å². The van der Waals surface area contributed by atoms with Crippen LogP contribution in [-0.4, -0.2) is 50.6 Å². The lowest BCUT2D eigenvalue weighted by molar-refractivity contribution is -0.133. The molecule has 0 saturated heterocycles. The molecule has 0 aliphatic heterocycles. The number of nitrogens with zero attached hydrogens (tertiary/aromatic N) is 1. The van der Waals surface area contributed by atoms with Crippen molar-refractivity contribution in [2.45, 2.75) is 25.8 Å². The third-order valence-electron chi connectivity index (χ3n) is 3.65. The van der Waals surface area contributed by atoms with Crippen LogP contribution in [0.2, 0.25) is 0 Å². The fourth-order valence-corrected chi connectivity index (χ4v) is 2.39. The van der Waals surface area contributed by atoms with Crippen LogP contribution in [0, 0.1) is 0 Å². The van der Waals surface area contributed by atoms with Gasteiger partial charge in [0.1, 0.15) is 6.54 Å². The molecule has 7 heteroatoms. The van der Waals surface area contributed by atoms with Crippen molar-refractivity contribution in [3.05, 3.63) is 12.1 Å². The summed E-state index contributed by atoms with van der Waals surface area (Å²) in [6.07, 6.45) is 1.91. The van der Waals surface area contributed by atoms with Crippen molar-refractivity contribution >= 4 is 17.5 Å². The first-order valence-corrected chi connectivity index (χ1v) is 7.37. The van der Waals surface area contributed by atoms with Crippen LogP contribution < -0.4 is 19.5 Å². The predicted molar refractivity (Wildman–Crippen MR) is 85.1 cm³/mol. The van der Waals surface area contributed by atoms with Gasteiger partial charge in [-0.3, -0.25) is 9.59 Å². The van der Waals surface area contributed by atoms with E-state index < -0.39 is 0 Å². The van der Waals surface area contributed by atoms with E-state index in [9.17, 15) is 9.59 Å². The highest BCUT2D eigenvalue weighted by Crippen LogP contribution is 2.39. The number of rotatable bonds is 7. The highest BCUT2D eigenvalue weighted by molar-refractivity contribution is 5.95. The van der Waals surface area contributed by atoms with E-state index in [4.69, 9.17) is 14.2 Å². The number of amides is 2. The van der Waals surface area contributed by atoms with Crippen molar-refractivity contribution in [3.8, 4) is 17.2 Å². The number of hydrogen-bond donors (Lipinski definition) is 1. The van der Waals surface area contributed by atoms with E-state index >= 15 is 0 Å². The number of anilines is 1. The van der Waals surface area contributed by atoms with E-state index in [-0.39, 0.29) is 24.4 Å². The van der Waals surface area contributed by atoms with Crippen molar-refractivity contribution < 1.29 is 23.8 Å². The average Bonchev–Trinajstić information content (AvgIpc) is 3.35. The molecular weight excluding hydrogens is 300 g/mol. The molecular formula is C16H22N2O5. The molecule has 1 N–H and O–H groups in total. The fourth-order valence-electron chi connectivity index (χ4n) is 2.39. The Morgan fingerprint density at radius 3 is 2.09 bits per heavy atom. The number of hydrogen-bond acceptors (Lipinski definition) is 5. The van der Waals surface area contributed by atoms with Crippen molar-refractivity contribution in [1.82, 2.24) is 4.90 Å². The molecule has 1 aliphatic carbocycles. The van der Waals surface area contributed by atoms with Gasteiger partial charge in [-0.1, -0.05) is 0 Å². The molecule has 0 spiro atoms. The number of nitrogens with one attached hydrogen (secondary N) is 1. The Morgan fingerprint density at radius 1 is 1.13 bits per heavy atom. The number of ether oxygens (including phenoxy) is 3. The van der Waals surface area contributed by atoms with Gasteiger partial charge in [-0.2, -0.15) is 0 Å². The first kappa shape index (κ1) is 16.9. The van der Waals surface area contributed by atoms with E-state index in [1.54, 1.807) is 17.0 Å². The smallest absolute Gasteiger partial charge is 0.244 e. The first-order valence-electron chi connectivity index (χ1n) is 7.37. The summed E-state index contributed by atoms with van der Waals surface area (Å²) < 4.78 is 15.7. The average molecular weight is 322 g/mol. The molecule has 1 fully saturated rings. The molecule has 2 rings (SSSR count). The summed E-state index contributed by atoms with van der Waals surface area (Å²) in [5.74, 6) is 1.01. The molecule has 1 aromatic rings. The van der Waals surface area contributed by atoms with Crippen LogP contribution in [0.3, 0.4) is 0 Å². The van der Waals surface area contributed by atoms with Gasteiger partial charge >= 0.3 is 0 Å². The van der Waals surface area contributed by atoms with Gasteiger partial charge < -0.3 is 24.4 Å². The second kappa shape index (κ2) is 7.21. The lowest BCUT2D eigenvalue weighted by Crippen LogP contribution is -2.38. The van der Waals surface area contributed by atoms with E-state index in [0.29, 0.717) is 22.9 Å². The molecule has 0 bridgehead atoms. The summed E-state index contributed by atoms with van der Waals surface area (Å²) in [5.41, 5.74) is 0.517. The van der Waals surface area contributed by atoms with Crippen LogP contribution in [0.15, 0.2) is 12.1 Å². The highest BCUT2D eigenvalue weighted by atomic mass is 16.5. The summed E-state index contributed by atoms with van der Waals surface area (Å²) in [6.45, 7) is 1.52. The third-order valence-corrected chi connectivity index (χ3v) is 3.65. The minimum atomic E-state index is -0.263. The Balaban J connectivity index is 2.12. The molecule has 7 nitrogen and oxygen atoms in total. The van der Waals surface area contributed by atoms with E-state index in [1.165, 1.54) is 28.3 Å². The first-order chi connectivity index (χ1) is 11.0. The van der Waals surface area contributed by atoms with E-state index in [2.05, 4.69) is 5.32 Å². The van der Waals surface area contributed by atoms with Gasteiger partial charge in [-0.05, 0) is 12.8 Å². The zero-order valence-electron chi connectivity index (χ0n) is 13.8. The quantitative estimate of drug-likeness (QED) is 0.826. The Kier molecular flexibility index (Phi) is 5.31. The van der Waals surface area contributed by atoms with Gasteiger partial charge in [0, 0.05) is 30.8 Å². The van der Waals surface area contributed by atoms with Crippen LogP contribution in [0.25, 0.3) is 0 Å². The number of carbonyl (C=O) groups is 2. The predicted octanol–water partition coefficient (Wildman–Crippen LogP) is 1.66.